The zero-order valence-electron chi connectivity index (χ0n) is 16.1. The highest BCUT2D eigenvalue weighted by Crippen LogP contribution is 2.32. The number of carbonyl (C=O) groups excluding carboxylic acids is 1. The highest BCUT2D eigenvalue weighted by atomic mass is 32.2. The maximum absolute atomic E-state index is 12.6. The van der Waals surface area contributed by atoms with Crippen molar-refractivity contribution in [3.63, 3.8) is 0 Å². The predicted octanol–water partition coefficient (Wildman–Crippen LogP) is 3.53. The second kappa shape index (κ2) is 7.51. The van der Waals surface area contributed by atoms with Gasteiger partial charge in [-0.2, -0.15) is 10.0 Å². The summed E-state index contributed by atoms with van der Waals surface area (Å²) in [5.41, 5.74) is 0.564. The standard InChI is InChI=1S/C20H16N6O4S/c21-17-15(18(27)22-19-25(17)23-20(31-19)24-8-1-2-9-24)11-14-6-7-16(30-14)12-4-3-5-13(10-12)26(28)29/h3-7,10-11,21H,1-2,8-9H2/b15-11-,21-17?. The van der Waals surface area contributed by atoms with Crippen LogP contribution in [0.3, 0.4) is 0 Å². The van der Waals surface area contributed by atoms with Crippen molar-refractivity contribution in [1.29, 1.82) is 5.41 Å². The highest BCUT2D eigenvalue weighted by Gasteiger charge is 2.37. The lowest BCUT2D eigenvalue weighted by atomic mass is 10.1. The Bertz CT molecular complexity index is 1210. The van der Waals surface area contributed by atoms with Crippen LogP contribution in [0, 0.1) is 15.5 Å². The van der Waals surface area contributed by atoms with Crippen LogP contribution in [0.25, 0.3) is 17.4 Å². The molecule has 1 fully saturated rings. The number of benzene rings is 1. The third kappa shape index (κ3) is 3.52. The summed E-state index contributed by atoms with van der Waals surface area (Å²) in [5.74, 6) is 0.157. The Kier molecular flexibility index (Phi) is 4.66. The topological polar surface area (TPSA) is 128 Å². The Balaban J connectivity index is 1.42. The minimum absolute atomic E-state index is 0.0434. The number of likely N-dealkylation sites (tertiary alicyclic amines) is 1. The number of hydrogen-bond acceptors (Lipinski definition) is 8. The molecule has 0 bridgehead atoms. The monoisotopic (exact) mass is 436 g/mol. The Labute approximate surface area is 180 Å². The summed E-state index contributed by atoms with van der Waals surface area (Å²) in [4.78, 5) is 29.3. The lowest BCUT2D eigenvalue weighted by Gasteiger charge is -2.19. The fraction of sp³-hybridized carbons (Fsp3) is 0.200. The second-order valence-corrected chi connectivity index (χ2v) is 8.04. The molecule has 0 atom stereocenters. The van der Waals surface area contributed by atoms with Crippen molar-refractivity contribution in [3.8, 4) is 11.3 Å². The Hall–Kier alpha value is -3.73. The van der Waals surface area contributed by atoms with Crippen LogP contribution < -0.4 is 0 Å². The molecule has 1 aromatic carbocycles. The smallest absolute Gasteiger partial charge is 0.283 e. The zero-order chi connectivity index (χ0) is 21.5. The van der Waals surface area contributed by atoms with Gasteiger partial charge in [0, 0.05) is 30.8 Å². The third-order valence-electron chi connectivity index (χ3n) is 5.08. The molecular formula is C20H16N6O4S. The van der Waals surface area contributed by atoms with Gasteiger partial charge >= 0.3 is 0 Å². The first-order valence-electron chi connectivity index (χ1n) is 9.59. The number of aliphatic imine (C=N–C) groups is 1. The van der Waals surface area contributed by atoms with Crippen molar-refractivity contribution >= 4 is 45.6 Å². The SMILES string of the molecule is N=C1/C(=C/c2ccc(-c3cccc([N+](=O)[O-])c3)o2)C(=O)N=C2SC(N3CCCC3)=NN12. The number of non-ortho nitro benzene ring substituents is 1. The third-order valence-corrected chi connectivity index (χ3v) is 6.04. The average Bonchev–Trinajstić information content (AvgIpc) is 3.51. The van der Waals surface area contributed by atoms with E-state index in [1.807, 2.05) is 0 Å². The first-order chi connectivity index (χ1) is 15.0. The fourth-order valence-corrected chi connectivity index (χ4v) is 4.46. The van der Waals surface area contributed by atoms with Crippen molar-refractivity contribution in [2.24, 2.45) is 10.1 Å². The number of furan rings is 1. The Morgan fingerprint density at radius 2 is 2.00 bits per heavy atom. The van der Waals surface area contributed by atoms with E-state index in [-0.39, 0.29) is 17.1 Å². The molecule has 3 aliphatic heterocycles. The molecule has 0 saturated carbocycles. The minimum Gasteiger partial charge on any atom is -0.457 e. The van der Waals surface area contributed by atoms with Gasteiger partial charge in [0.15, 0.2) is 11.0 Å². The van der Waals surface area contributed by atoms with Crippen LogP contribution in [0.2, 0.25) is 0 Å². The van der Waals surface area contributed by atoms with Gasteiger partial charge < -0.3 is 9.32 Å². The number of fused-ring (bicyclic) bond motifs is 1. The normalized spacial score (nSPS) is 19.7. The quantitative estimate of drug-likeness (QED) is 0.443. The largest absolute Gasteiger partial charge is 0.457 e. The maximum atomic E-state index is 12.6. The van der Waals surface area contributed by atoms with Gasteiger partial charge in [0.1, 0.15) is 11.5 Å². The molecule has 1 amide bonds. The van der Waals surface area contributed by atoms with Crippen LogP contribution in [0.4, 0.5) is 5.69 Å². The van der Waals surface area contributed by atoms with Crippen molar-refractivity contribution < 1.29 is 14.1 Å². The fourth-order valence-electron chi connectivity index (χ4n) is 3.52. The summed E-state index contributed by atoms with van der Waals surface area (Å²) in [6.07, 6.45) is 3.64. The molecule has 1 aromatic heterocycles. The Morgan fingerprint density at radius 1 is 1.19 bits per heavy atom. The number of rotatable bonds is 3. The molecule has 0 unspecified atom stereocenters. The van der Waals surface area contributed by atoms with Gasteiger partial charge in [-0.3, -0.25) is 20.3 Å². The van der Waals surface area contributed by atoms with Crippen molar-refractivity contribution in [2.45, 2.75) is 12.8 Å². The van der Waals surface area contributed by atoms with Crippen LogP contribution in [0.1, 0.15) is 18.6 Å². The molecule has 0 aliphatic carbocycles. The number of nitro benzene ring substituents is 1. The van der Waals surface area contributed by atoms with E-state index in [2.05, 4.69) is 15.0 Å². The van der Waals surface area contributed by atoms with E-state index in [1.54, 1.807) is 24.3 Å². The van der Waals surface area contributed by atoms with Crippen molar-refractivity contribution in [2.75, 3.05) is 13.1 Å². The molecule has 2 aromatic rings. The van der Waals surface area contributed by atoms with E-state index >= 15 is 0 Å². The van der Waals surface area contributed by atoms with Gasteiger partial charge in [-0.25, -0.2) is 0 Å². The number of hydrogen-bond donors (Lipinski definition) is 1. The molecule has 0 radical (unpaired) electrons. The van der Waals surface area contributed by atoms with Crippen LogP contribution in [0.15, 0.2) is 56.5 Å². The highest BCUT2D eigenvalue weighted by molar-refractivity contribution is 8.26. The summed E-state index contributed by atoms with van der Waals surface area (Å²) in [6.45, 7) is 1.81. The number of hydrazone groups is 1. The molecule has 156 valence electrons. The predicted molar refractivity (Wildman–Crippen MR) is 117 cm³/mol. The summed E-state index contributed by atoms with van der Waals surface area (Å²) in [6, 6.07) is 9.38. The minimum atomic E-state index is -0.532. The van der Waals surface area contributed by atoms with Gasteiger partial charge in [-0.15, -0.1) is 5.10 Å². The molecule has 31 heavy (non-hydrogen) atoms. The zero-order valence-corrected chi connectivity index (χ0v) is 17.0. The van der Waals surface area contributed by atoms with Crippen molar-refractivity contribution in [3.05, 3.63) is 57.8 Å². The molecule has 0 spiro atoms. The summed E-state index contributed by atoms with van der Waals surface area (Å²) >= 11 is 1.30. The number of amidine groups is 3. The van der Waals surface area contributed by atoms with Crippen LogP contribution in [0.5, 0.6) is 0 Å². The van der Waals surface area contributed by atoms with E-state index in [0.717, 1.165) is 31.1 Å². The molecule has 1 saturated heterocycles. The first-order valence-corrected chi connectivity index (χ1v) is 10.4. The summed E-state index contributed by atoms with van der Waals surface area (Å²) in [5, 5.41) is 26.4. The van der Waals surface area contributed by atoms with E-state index < -0.39 is 10.8 Å². The maximum Gasteiger partial charge on any atom is 0.283 e. The number of nitrogens with one attached hydrogen (secondary N) is 1. The number of thioether (sulfide) groups is 1. The van der Waals surface area contributed by atoms with Gasteiger partial charge in [0.2, 0.25) is 5.17 Å². The van der Waals surface area contributed by atoms with Gasteiger partial charge in [0.05, 0.1) is 10.5 Å². The van der Waals surface area contributed by atoms with E-state index in [1.165, 1.54) is 35.0 Å². The van der Waals surface area contributed by atoms with Crippen LogP contribution >= 0.6 is 11.8 Å². The number of carbonyl (C=O) groups is 1. The van der Waals surface area contributed by atoms with Crippen molar-refractivity contribution in [1.82, 2.24) is 9.91 Å². The molecule has 10 nitrogen and oxygen atoms in total. The molecule has 4 heterocycles. The first kappa shape index (κ1) is 19.2. The second-order valence-electron chi connectivity index (χ2n) is 7.11. The van der Waals surface area contributed by atoms with E-state index in [4.69, 9.17) is 9.83 Å². The van der Waals surface area contributed by atoms with Gasteiger partial charge in [0.25, 0.3) is 11.6 Å². The van der Waals surface area contributed by atoms with Gasteiger partial charge in [-0.1, -0.05) is 12.1 Å². The molecular weight excluding hydrogens is 420 g/mol. The lowest BCUT2D eigenvalue weighted by molar-refractivity contribution is -0.384. The lowest BCUT2D eigenvalue weighted by Crippen LogP contribution is -2.35. The van der Waals surface area contributed by atoms with E-state index in [9.17, 15) is 14.9 Å². The summed E-state index contributed by atoms with van der Waals surface area (Å²) < 4.78 is 5.75. The Morgan fingerprint density at radius 3 is 2.77 bits per heavy atom. The number of amides is 1. The number of nitrogens with zero attached hydrogens (tertiary/aromatic N) is 5. The van der Waals surface area contributed by atoms with Crippen LogP contribution in [-0.4, -0.2) is 50.0 Å². The molecule has 11 heteroatoms. The molecule has 5 rings (SSSR count). The molecule has 1 N–H and O–H groups in total. The number of nitro groups is 1. The summed E-state index contributed by atoms with van der Waals surface area (Å²) in [7, 11) is 0. The average molecular weight is 436 g/mol. The van der Waals surface area contributed by atoms with E-state index in [0.29, 0.717) is 22.3 Å². The van der Waals surface area contributed by atoms with Gasteiger partial charge in [-0.05, 0) is 42.8 Å². The molecule has 3 aliphatic rings. The van der Waals surface area contributed by atoms with Crippen LogP contribution in [-0.2, 0) is 4.79 Å².